The molecule has 0 saturated heterocycles. The molecule has 138 valence electrons. The first-order chi connectivity index (χ1) is 13.1. The number of thiazole rings is 1. The number of carbonyl (C=O) groups is 2. The van der Waals surface area contributed by atoms with Crippen LogP contribution < -0.4 is 10.6 Å². The Bertz CT molecular complexity index is 948. The number of hydrogen-bond donors (Lipinski definition) is 2. The van der Waals surface area contributed by atoms with Crippen LogP contribution in [0.15, 0.2) is 48.5 Å². The fourth-order valence-electron chi connectivity index (χ4n) is 3.57. The number of nitrogens with zero attached hydrogens (tertiary/aromatic N) is 1. The first-order valence-electron chi connectivity index (χ1n) is 9.12. The van der Waals surface area contributed by atoms with Crippen LogP contribution in [0.2, 0.25) is 0 Å². The molecule has 1 aliphatic rings. The van der Waals surface area contributed by atoms with E-state index >= 15 is 0 Å². The number of fused-ring (bicyclic) bond motifs is 1. The molecule has 2 amide bonds. The Kier molecular flexibility index (Phi) is 4.90. The monoisotopic (exact) mass is 379 g/mol. The van der Waals surface area contributed by atoms with Gasteiger partial charge in [0.1, 0.15) is 5.01 Å². The minimum absolute atomic E-state index is 0.0237. The molecule has 2 atom stereocenters. The first kappa shape index (κ1) is 17.7. The zero-order valence-electron chi connectivity index (χ0n) is 15.1. The van der Waals surface area contributed by atoms with Gasteiger partial charge in [0.05, 0.1) is 10.2 Å². The Morgan fingerprint density at radius 1 is 1.07 bits per heavy atom. The molecule has 1 saturated carbocycles. The molecule has 5 nitrogen and oxygen atoms in total. The summed E-state index contributed by atoms with van der Waals surface area (Å²) in [5.74, 6) is -0.0622. The summed E-state index contributed by atoms with van der Waals surface area (Å²) in [5.41, 5.74) is 2.83. The van der Waals surface area contributed by atoms with Crippen molar-refractivity contribution in [2.75, 3.05) is 5.32 Å². The van der Waals surface area contributed by atoms with Crippen LogP contribution in [0.4, 0.5) is 5.69 Å². The van der Waals surface area contributed by atoms with Crippen LogP contribution in [0, 0.1) is 5.92 Å². The van der Waals surface area contributed by atoms with Gasteiger partial charge >= 0.3 is 0 Å². The SMILES string of the molecule is CC(=O)NC1CCC(C(=O)Nc2ccc(-c3nc4ccccc4s3)cc2)C1. The molecule has 4 rings (SSSR count). The smallest absolute Gasteiger partial charge is 0.227 e. The van der Waals surface area contributed by atoms with Crippen molar-refractivity contribution < 1.29 is 9.59 Å². The molecule has 0 spiro atoms. The van der Waals surface area contributed by atoms with Gasteiger partial charge in [-0.2, -0.15) is 0 Å². The normalized spacial score (nSPS) is 19.1. The van der Waals surface area contributed by atoms with E-state index in [1.807, 2.05) is 42.5 Å². The molecule has 1 heterocycles. The van der Waals surface area contributed by atoms with Crippen molar-refractivity contribution in [3.8, 4) is 10.6 Å². The summed E-state index contributed by atoms with van der Waals surface area (Å²) < 4.78 is 1.17. The van der Waals surface area contributed by atoms with E-state index in [0.29, 0.717) is 6.42 Å². The van der Waals surface area contributed by atoms with Crippen molar-refractivity contribution in [1.82, 2.24) is 10.3 Å². The average Bonchev–Trinajstić information content (AvgIpc) is 3.28. The Morgan fingerprint density at radius 2 is 1.85 bits per heavy atom. The molecule has 6 heteroatoms. The van der Waals surface area contributed by atoms with Gasteiger partial charge in [-0.25, -0.2) is 4.98 Å². The van der Waals surface area contributed by atoms with Crippen LogP contribution in [0.25, 0.3) is 20.8 Å². The largest absolute Gasteiger partial charge is 0.354 e. The van der Waals surface area contributed by atoms with E-state index < -0.39 is 0 Å². The van der Waals surface area contributed by atoms with Gasteiger partial charge in [-0.3, -0.25) is 9.59 Å². The molecule has 1 fully saturated rings. The van der Waals surface area contributed by atoms with Gasteiger partial charge in [0.25, 0.3) is 0 Å². The highest BCUT2D eigenvalue weighted by Gasteiger charge is 2.30. The van der Waals surface area contributed by atoms with Crippen molar-refractivity contribution >= 4 is 39.1 Å². The highest BCUT2D eigenvalue weighted by molar-refractivity contribution is 7.21. The topological polar surface area (TPSA) is 71.1 Å². The third-order valence-electron chi connectivity index (χ3n) is 4.90. The predicted molar refractivity (Wildman–Crippen MR) is 109 cm³/mol. The fourth-order valence-corrected chi connectivity index (χ4v) is 4.55. The number of aromatic nitrogens is 1. The molecule has 1 aromatic heterocycles. The van der Waals surface area contributed by atoms with Crippen LogP contribution in [-0.4, -0.2) is 22.8 Å². The summed E-state index contributed by atoms with van der Waals surface area (Å²) in [5, 5.41) is 6.87. The standard InChI is InChI=1S/C21H21N3O2S/c1-13(25)22-17-11-8-15(12-17)20(26)23-16-9-6-14(7-10-16)21-24-18-4-2-3-5-19(18)27-21/h2-7,9-10,15,17H,8,11-12H2,1H3,(H,22,25)(H,23,26). The molecule has 2 N–H and O–H groups in total. The summed E-state index contributed by atoms with van der Waals surface area (Å²) in [7, 11) is 0. The van der Waals surface area contributed by atoms with Gasteiger partial charge in [0, 0.05) is 30.1 Å². The summed E-state index contributed by atoms with van der Waals surface area (Å²) in [4.78, 5) is 28.3. The Balaban J connectivity index is 1.40. The summed E-state index contributed by atoms with van der Waals surface area (Å²) >= 11 is 1.66. The molecule has 0 radical (unpaired) electrons. The lowest BCUT2D eigenvalue weighted by atomic mass is 10.1. The Labute approximate surface area is 161 Å². The van der Waals surface area contributed by atoms with Crippen molar-refractivity contribution in [3.05, 3.63) is 48.5 Å². The van der Waals surface area contributed by atoms with Crippen LogP contribution >= 0.6 is 11.3 Å². The lowest BCUT2D eigenvalue weighted by molar-refractivity contribution is -0.121. The number of nitrogens with one attached hydrogen (secondary N) is 2. The van der Waals surface area contributed by atoms with Gasteiger partial charge < -0.3 is 10.6 Å². The maximum atomic E-state index is 12.5. The molecule has 27 heavy (non-hydrogen) atoms. The van der Waals surface area contributed by atoms with Crippen LogP contribution in [-0.2, 0) is 9.59 Å². The number of benzene rings is 2. The molecule has 1 aliphatic carbocycles. The number of para-hydroxylation sites is 1. The lowest BCUT2D eigenvalue weighted by Crippen LogP contribution is -2.31. The zero-order valence-corrected chi connectivity index (χ0v) is 15.9. The second kappa shape index (κ2) is 7.48. The van der Waals surface area contributed by atoms with E-state index in [9.17, 15) is 9.59 Å². The molecule has 2 unspecified atom stereocenters. The number of anilines is 1. The Hall–Kier alpha value is -2.73. The van der Waals surface area contributed by atoms with E-state index in [-0.39, 0.29) is 23.8 Å². The number of rotatable bonds is 4. The zero-order chi connectivity index (χ0) is 18.8. The van der Waals surface area contributed by atoms with Crippen molar-refractivity contribution in [1.29, 1.82) is 0 Å². The average molecular weight is 379 g/mol. The maximum Gasteiger partial charge on any atom is 0.227 e. The molecule has 0 aliphatic heterocycles. The minimum atomic E-state index is -0.0502. The minimum Gasteiger partial charge on any atom is -0.354 e. The van der Waals surface area contributed by atoms with Crippen LogP contribution in [0.3, 0.4) is 0 Å². The third kappa shape index (κ3) is 4.01. The van der Waals surface area contributed by atoms with Crippen LogP contribution in [0.5, 0.6) is 0 Å². The van der Waals surface area contributed by atoms with E-state index in [1.54, 1.807) is 11.3 Å². The number of carbonyl (C=O) groups excluding carboxylic acids is 2. The van der Waals surface area contributed by atoms with Crippen molar-refractivity contribution in [2.24, 2.45) is 5.92 Å². The Morgan fingerprint density at radius 3 is 2.59 bits per heavy atom. The lowest BCUT2D eigenvalue weighted by Gasteiger charge is -2.13. The van der Waals surface area contributed by atoms with E-state index in [1.165, 1.54) is 11.6 Å². The maximum absolute atomic E-state index is 12.5. The number of amides is 2. The van der Waals surface area contributed by atoms with Gasteiger partial charge in [-0.15, -0.1) is 11.3 Å². The second-order valence-electron chi connectivity index (χ2n) is 6.96. The van der Waals surface area contributed by atoms with Gasteiger partial charge in [0.15, 0.2) is 0 Å². The van der Waals surface area contributed by atoms with Gasteiger partial charge in [-0.05, 0) is 55.7 Å². The van der Waals surface area contributed by atoms with Crippen molar-refractivity contribution in [2.45, 2.75) is 32.2 Å². The van der Waals surface area contributed by atoms with Crippen molar-refractivity contribution in [3.63, 3.8) is 0 Å². The highest BCUT2D eigenvalue weighted by Crippen LogP contribution is 2.31. The third-order valence-corrected chi connectivity index (χ3v) is 5.99. The first-order valence-corrected chi connectivity index (χ1v) is 9.94. The highest BCUT2D eigenvalue weighted by atomic mass is 32.1. The molecule has 2 aromatic carbocycles. The fraction of sp³-hybridized carbons (Fsp3) is 0.286. The molecular formula is C21H21N3O2S. The second-order valence-corrected chi connectivity index (χ2v) is 7.99. The molecule has 0 bridgehead atoms. The molecular weight excluding hydrogens is 358 g/mol. The predicted octanol–water partition coefficient (Wildman–Crippen LogP) is 4.21. The van der Waals surface area contributed by atoms with E-state index in [4.69, 9.17) is 0 Å². The van der Waals surface area contributed by atoms with Gasteiger partial charge in [0.2, 0.25) is 11.8 Å². The summed E-state index contributed by atoms with van der Waals surface area (Å²) in [6.07, 6.45) is 2.37. The summed E-state index contributed by atoms with van der Waals surface area (Å²) in [6, 6.07) is 16.0. The van der Waals surface area contributed by atoms with E-state index in [0.717, 1.165) is 34.6 Å². The molecule has 3 aromatic rings. The van der Waals surface area contributed by atoms with Gasteiger partial charge in [-0.1, -0.05) is 12.1 Å². The van der Waals surface area contributed by atoms with E-state index in [2.05, 4.69) is 21.7 Å². The quantitative estimate of drug-likeness (QED) is 0.713. The summed E-state index contributed by atoms with van der Waals surface area (Å²) in [6.45, 7) is 1.51. The van der Waals surface area contributed by atoms with Crippen LogP contribution in [0.1, 0.15) is 26.2 Å². The number of hydrogen-bond acceptors (Lipinski definition) is 4.